The highest BCUT2D eigenvalue weighted by atomic mass is 35.5. The van der Waals surface area contributed by atoms with Crippen LogP contribution < -0.4 is 15.8 Å². The Morgan fingerprint density at radius 2 is 2.05 bits per heavy atom. The summed E-state index contributed by atoms with van der Waals surface area (Å²) in [5.41, 5.74) is 8.98. The standard InChI is InChI=1S/C26H30Cl2N6O3/c1-16-22(32-15-31-16)12-34-7-5-26(6-8-34)10-18(13-37-26)33-25(35)17-9-23(24(29)30-11-17)36-14-19-20(27)3-2-4-21(19)28/h2-4,9,11,15,18H,5-8,10,12-14H2,1H3,(H2,29,30)(H,31,32)(H,33,35). The zero-order valence-electron chi connectivity index (χ0n) is 20.6. The van der Waals surface area contributed by atoms with Gasteiger partial charge in [0.25, 0.3) is 5.91 Å². The third-order valence-corrected chi connectivity index (χ3v) is 7.91. The summed E-state index contributed by atoms with van der Waals surface area (Å²) < 4.78 is 12.1. The molecule has 1 atom stereocenters. The fourth-order valence-corrected chi connectivity index (χ4v) is 5.45. The molecule has 3 aromatic rings. The molecular weight excluding hydrogens is 515 g/mol. The number of likely N-dealkylation sites (tertiary alicyclic amines) is 1. The summed E-state index contributed by atoms with van der Waals surface area (Å²) in [6, 6.07) is 6.74. The molecule has 9 nitrogen and oxygen atoms in total. The van der Waals surface area contributed by atoms with E-state index < -0.39 is 0 Å². The van der Waals surface area contributed by atoms with Crippen LogP contribution in [0.1, 0.15) is 46.6 Å². The van der Waals surface area contributed by atoms with E-state index in [9.17, 15) is 4.79 Å². The molecule has 4 heterocycles. The molecule has 0 saturated carbocycles. The van der Waals surface area contributed by atoms with Crippen molar-refractivity contribution in [1.82, 2.24) is 25.2 Å². The normalized spacial score (nSPS) is 19.3. The quantitative estimate of drug-likeness (QED) is 0.409. The Bertz CT molecular complexity index is 1250. The number of halogens is 2. The Labute approximate surface area is 225 Å². The van der Waals surface area contributed by atoms with E-state index >= 15 is 0 Å². The van der Waals surface area contributed by atoms with Gasteiger partial charge in [-0.05, 0) is 44.4 Å². The molecular formula is C26H30Cl2N6O3. The zero-order valence-corrected chi connectivity index (χ0v) is 22.1. The van der Waals surface area contributed by atoms with E-state index in [1.807, 2.05) is 6.92 Å². The number of hydrogen-bond acceptors (Lipinski definition) is 7. The minimum absolute atomic E-state index is 0.0727. The fourth-order valence-electron chi connectivity index (χ4n) is 4.95. The van der Waals surface area contributed by atoms with Gasteiger partial charge in [-0.25, -0.2) is 9.97 Å². The fraction of sp³-hybridized carbons (Fsp3) is 0.423. The number of aromatic nitrogens is 3. The number of ether oxygens (including phenoxy) is 2. The Kier molecular flexibility index (Phi) is 7.57. The maximum Gasteiger partial charge on any atom is 0.253 e. The molecule has 2 aromatic heterocycles. The molecule has 0 bridgehead atoms. The summed E-state index contributed by atoms with van der Waals surface area (Å²) in [7, 11) is 0. The summed E-state index contributed by atoms with van der Waals surface area (Å²) in [4.78, 5) is 27.1. The lowest BCUT2D eigenvalue weighted by atomic mass is 9.87. The second-order valence-corrected chi connectivity index (χ2v) is 10.5. The number of imidazole rings is 1. The number of benzene rings is 1. The van der Waals surface area contributed by atoms with E-state index in [0.29, 0.717) is 33.5 Å². The van der Waals surface area contributed by atoms with Crippen molar-refractivity contribution < 1.29 is 14.3 Å². The van der Waals surface area contributed by atoms with Crippen molar-refractivity contribution in [2.75, 3.05) is 25.4 Å². The van der Waals surface area contributed by atoms with E-state index in [2.05, 4.69) is 25.2 Å². The minimum Gasteiger partial charge on any atom is -0.485 e. The van der Waals surface area contributed by atoms with Crippen LogP contribution in [0.5, 0.6) is 5.75 Å². The van der Waals surface area contributed by atoms with Crippen LogP contribution in [0.4, 0.5) is 5.82 Å². The number of carbonyl (C=O) groups excluding carboxylic acids is 1. The summed E-state index contributed by atoms with van der Waals surface area (Å²) in [5.74, 6) is 0.229. The molecule has 2 fully saturated rings. The number of piperidine rings is 1. The molecule has 2 aliphatic heterocycles. The first-order valence-corrected chi connectivity index (χ1v) is 13.0. The number of nitrogen functional groups attached to an aromatic ring is 1. The smallest absolute Gasteiger partial charge is 0.253 e. The lowest BCUT2D eigenvalue weighted by molar-refractivity contribution is -0.0451. The number of H-pyrrole nitrogens is 1. The van der Waals surface area contributed by atoms with Crippen LogP contribution in [0, 0.1) is 6.92 Å². The predicted octanol–water partition coefficient (Wildman–Crippen LogP) is 4.13. The monoisotopic (exact) mass is 544 g/mol. The maximum atomic E-state index is 13.0. The number of pyridine rings is 1. The second kappa shape index (κ2) is 10.9. The highest BCUT2D eigenvalue weighted by Crippen LogP contribution is 2.36. The van der Waals surface area contributed by atoms with Gasteiger partial charge in [0.15, 0.2) is 11.6 Å². The van der Waals surface area contributed by atoms with Crippen molar-refractivity contribution >= 4 is 34.9 Å². The molecule has 2 aliphatic rings. The van der Waals surface area contributed by atoms with Gasteiger partial charge in [0.05, 0.1) is 35.8 Å². The van der Waals surface area contributed by atoms with Gasteiger partial charge in [-0.3, -0.25) is 9.69 Å². The molecule has 1 spiro atoms. The summed E-state index contributed by atoms with van der Waals surface area (Å²) in [6.45, 7) is 5.34. The third-order valence-electron chi connectivity index (χ3n) is 7.20. The molecule has 0 aliphatic carbocycles. The number of nitrogens with one attached hydrogen (secondary N) is 2. The van der Waals surface area contributed by atoms with Crippen molar-refractivity contribution in [3.8, 4) is 5.75 Å². The number of rotatable bonds is 7. The van der Waals surface area contributed by atoms with Crippen LogP contribution >= 0.6 is 23.2 Å². The Morgan fingerprint density at radius 1 is 1.30 bits per heavy atom. The van der Waals surface area contributed by atoms with Gasteiger partial charge in [-0.2, -0.15) is 0 Å². The lowest BCUT2D eigenvalue weighted by Crippen LogP contribution is -2.44. The molecule has 11 heteroatoms. The number of carbonyl (C=O) groups is 1. The van der Waals surface area contributed by atoms with Gasteiger partial charge in [0.2, 0.25) is 0 Å². The number of amides is 1. The second-order valence-electron chi connectivity index (χ2n) is 9.72. The van der Waals surface area contributed by atoms with E-state index in [1.54, 1.807) is 30.6 Å². The predicted molar refractivity (Wildman–Crippen MR) is 142 cm³/mol. The van der Waals surface area contributed by atoms with Crippen LogP contribution in [0.3, 0.4) is 0 Å². The molecule has 4 N–H and O–H groups in total. The maximum absolute atomic E-state index is 13.0. The number of aryl methyl sites for hydroxylation is 1. The van der Waals surface area contributed by atoms with E-state index in [1.165, 1.54) is 6.20 Å². The third kappa shape index (κ3) is 5.85. The molecule has 0 radical (unpaired) electrons. The van der Waals surface area contributed by atoms with Crippen molar-refractivity contribution in [3.63, 3.8) is 0 Å². The van der Waals surface area contributed by atoms with E-state index in [0.717, 1.165) is 50.3 Å². The topological polar surface area (TPSA) is 118 Å². The molecule has 2 saturated heterocycles. The average molecular weight is 545 g/mol. The molecule has 37 heavy (non-hydrogen) atoms. The number of nitrogens with zero attached hydrogens (tertiary/aromatic N) is 3. The number of anilines is 1. The summed E-state index contributed by atoms with van der Waals surface area (Å²) >= 11 is 12.5. The van der Waals surface area contributed by atoms with Gasteiger partial charge >= 0.3 is 0 Å². The summed E-state index contributed by atoms with van der Waals surface area (Å²) in [6.07, 6.45) is 5.82. The Morgan fingerprint density at radius 3 is 2.76 bits per heavy atom. The van der Waals surface area contributed by atoms with Crippen molar-refractivity contribution in [2.45, 2.75) is 51.0 Å². The van der Waals surface area contributed by atoms with Crippen molar-refractivity contribution in [2.24, 2.45) is 0 Å². The average Bonchev–Trinajstić information content (AvgIpc) is 3.46. The minimum atomic E-state index is -0.245. The molecule has 1 aromatic carbocycles. The highest BCUT2D eigenvalue weighted by molar-refractivity contribution is 6.35. The Hall–Kier alpha value is -2.85. The lowest BCUT2D eigenvalue weighted by Gasteiger charge is -2.38. The van der Waals surface area contributed by atoms with Gasteiger partial charge in [0, 0.05) is 47.1 Å². The van der Waals surface area contributed by atoms with Crippen LogP contribution in [0.15, 0.2) is 36.8 Å². The first-order chi connectivity index (χ1) is 17.8. The first-order valence-electron chi connectivity index (χ1n) is 12.3. The van der Waals surface area contributed by atoms with Gasteiger partial charge in [-0.15, -0.1) is 0 Å². The van der Waals surface area contributed by atoms with Crippen molar-refractivity contribution in [3.05, 3.63) is 69.3 Å². The zero-order chi connectivity index (χ0) is 26.0. The molecule has 1 amide bonds. The SMILES string of the molecule is Cc1[nH]cnc1CN1CCC2(CC1)CC(NC(=O)c1cnc(N)c(OCc3c(Cl)cccc3Cl)c1)CO2. The summed E-state index contributed by atoms with van der Waals surface area (Å²) in [5, 5.41) is 4.07. The molecule has 1 unspecified atom stereocenters. The van der Waals surface area contributed by atoms with Crippen LogP contribution in [-0.4, -0.2) is 57.1 Å². The van der Waals surface area contributed by atoms with Gasteiger partial charge in [0.1, 0.15) is 6.61 Å². The van der Waals surface area contributed by atoms with E-state index in [4.69, 9.17) is 38.4 Å². The number of nitrogens with two attached hydrogens (primary N) is 1. The van der Waals surface area contributed by atoms with Gasteiger partial charge < -0.3 is 25.5 Å². The largest absolute Gasteiger partial charge is 0.485 e. The van der Waals surface area contributed by atoms with Gasteiger partial charge in [-0.1, -0.05) is 29.3 Å². The molecule has 196 valence electrons. The number of hydrogen-bond donors (Lipinski definition) is 3. The van der Waals surface area contributed by atoms with Crippen LogP contribution in [-0.2, 0) is 17.9 Å². The molecule has 5 rings (SSSR count). The van der Waals surface area contributed by atoms with E-state index in [-0.39, 0.29) is 30.0 Å². The van der Waals surface area contributed by atoms with Crippen LogP contribution in [0.25, 0.3) is 0 Å². The van der Waals surface area contributed by atoms with Crippen LogP contribution in [0.2, 0.25) is 10.0 Å². The number of aromatic amines is 1. The highest BCUT2D eigenvalue weighted by Gasteiger charge is 2.43. The first kappa shape index (κ1) is 25.8. The van der Waals surface area contributed by atoms with Crippen molar-refractivity contribution in [1.29, 1.82) is 0 Å². The Balaban J connectivity index is 1.15.